The molecule has 22 heavy (non-hydrogen) atoms. The van der Waals surface area contributed by atoms with Crippen LogP contribution in [0.3, 0.4) is 0 Å². The molecule has 0 aromatic rings. The Hall–Kier alpha value is -1.79. The zero-order valence-corrected chi connectivity index (χ0v) is 15.5. The number of carboxylic acid groups (broad SMARTS) is 1. The van der Waals surface area contributed by atoms with Gasteiger partial charge >= 0.3 is 5.97 Å². The number of carbonyl (C=O) groups is 1. The van der Waals surface area contributed by atoms with Gasteiger partial charge < -0.3 is 20.2 Å². The van der Waals surface area contributed by atoms with E-state index in [2.05, 4.69) is 29.1 Å². The van der Waals surface area contributed by atoms with Crippen LogP contribution in [-0.4, -0.2) is 73.1 Å². The third-order valence-electron chi connectivity index (χ3n) is 2.11. The van der Waals surface area contributed by atoms with Crippen molar-refractivity contribution in [1.82, 2.24) is 15.1 Å². The molecule has 0 aromatic heterocycles. The average molecular weight is 315 g/mol. The van der Waals surface area contributed by atoms with Crippen molar-refractivity contribution in [2.75, 3.05) is 28.2 Å². The molecule has 7 heteroatoms. The lowest BCUT2D eigenvalue weighted by Gasteiger charge is -2.23. The van der Waals surface area contributed by atoms with Crippen LogP contribution in [0.1, 0.15) is 41.0 Å². The highest BCUT2D eigenvalue weighted by atomic mass is 16.4. The first-order valence-corrected chi connectivity index (χ1v) is 7.50. The monoisotopic (exact) mass is 315 g/mol. The van der Waals surface area contributed by atoms with E-state index in [0.717, 1.165) is 5.96 Å². The van der Waals surface area contributed by atoms with Crippen LogP contribution >= 0.6 is 0 Å². The number of rotatable bonds is 3. The van der Waals surface area contributed by atoms with Crippen molar-refractivity contribution in [2.45, 2.75) is 53.1 Å². The van der Waals surface area contributed by atoms with Crippen molar-refractivity contribution in [1.29, 1.82) is 0 Å². The van der Waals surface area contributed by atoms with E-state index in [1.54, 1.807) is 6.92 Å². The number of aliphatic carboxylic acids is 1. The van der Waals surface area contributed by atoms with E-state index >= 15 is 0 Å². The van der Waals surface area contributed by atoms with E-state index in [1.165, 1.54) is 0 Å². The number of hydrogen-bond acceptors (Lipinski definition) is 2. The predicted molar refractivity (Wildman–Crippen MR) is 93.6 cm³/mol. The minimum absolute atomic E-state index is 0.222. The summed E-state index contributed by atoms with van der Waals surface area (Å²) in [5, 5.41) is 11.0. The minimum atomic E-state index is -0.745. The molecule has 0 saturated carbocycles. The second kappa shape index (κ2) is 11.8. The molecule has 130 valence electrons. The number of guanidine groups is 2. The van der Waals surface area contributed by atoms with Gasteiger partial charge in [0.05, 0.1) is 0 Å². The van der Waals surface area contributed by atoms with E-state index in [-0.39, 0.29) is 12.5 Å². The lowest BCUT2D eigenvalue weighted by molar-refractivity contribution is -0.136. The highest BCUT2D eigenvalue weighted by Gasteiger charge is 2.08. The minimum Gasteiger partial charge on any atom is -0.481 e. The van der Waals surface area contributed by atoms with E-state index in [0.29, 0.717) is 12.0 Å². The van der Waals surface area contributed by atoms with E-state index in [9.17, 15) is 4.79 Å². The molecular weight excluding hydrogens is 282 g/mol. The molecule has 0 bridgehead atoms. The standard InChI is InChI=1S/C12H27N5.C3H6O2/c1-9(2)13-11(14-10(3)4)15-12(16(5)6)17(7)8;1-2-3(4)5/h9-10H,1-8H3,(H,13,14);2H2,1H3,(H,4,5). The van der Waals surface area contributed by atoms with Crippen LogP contribution in [0.4, 0.5) is 0 Å². The van der Waals surface area contributed by atoms with Gasteiger partial charge in [-0.15, -0.1) is 0 Å². The van der Waals surface area contributed by atoms with E-state index in [4.69, 9.17) is 5.11 Å². The molecular formula is C15H33N5O2. The van der Waals surface area contributed by atoms with Crippen molar-refractivity contribution in [3.8, 4) is 0 Å². The molecule has 0 spiro atoms. The summed E-state index contributed by atoms with van der Waals surface area (Å²) in [4.78, 5) is 22.4. The lowest BCUT2D eigenvalue weighted by Crippen LogP contribution is -2.39. The number of nitrogens with one attached hydrogen (secondary N) is 1. The zero-order valence-electron chi connectivity index (χ0n) is 15.5. The molecule has 0 amide bonds. The number of aliphatic imine (C=N–C) groups is 2. The summed E-state index contributed by atoms with van der Waals surface area (Å²) in [5.74, 6) is 0.815. The molecule has 0 fully saturated rings. The number of nitrogens with zero attached hydrogens (tertiary/aromatic N) is 4. The summed E-state index contributed by atoms with van der Waals surface area (Å²) in [5.41, 5.74) is 0. The van der Waals surface area contributed by atoms with Crippen molar-refractivity contribution >= 4 is 17.9 Å². The second-order valence-corrected chi connectivity index (χ2v) is 5.79. The maximum Gasteiger partial charge on any atom is 0.303 e. The highest BCUT2D eigenvalue weighted by molar-refractivity contribution is 5.94. The summed E-state index contributed by atoms with van der Waals surface area (Å²) < 4.78 is 0. The largest absolute Gasteiger partial charge is 0.481 e. The molecule has 0 aliphatic carbocycles. The molecule has 7 nitrogen and oxygen atoms in total. The van der Waals surface area contributed by atoms with Crippen molar-refractivity contribution in [3.05, 3.63) is 0 Å². The summed E-state index contributed by atoms with van der Waals surface area (Å²) >= 11 is 0. The van der Waals surface area contributed by atoms with Gasteiger partial charge in [0.15, 0.2) is 0 Å². The molecule has 0 aliphatic rings. The Labute approximate surface area is 135 Å². The molecule has 0 aliphatic heterocycles. The van der Waals surface area contributed by atoms with Crippen molar-refractivity contribution in [2.24, 2.45) is 9.98 Å². The fraction of sp³-hybridized carbons (Fsp3) is 0.800. The molecule has 0 unspecified atom stereocenters. The SMILES string of the molecule is CC(C)N=C(N=C(N(C)C)N(C)C)NC(C)C.CCC(=O)O. The summed E-state index contributed by atoms with van der Waals surface area (Å²) in [6, 6.07) is 0.549. The van der Waals surface area contributed by atoms with Gasteiger partial charge in [0.1, 0.15) is 0 Å². The maximum absolute atomic E-state index is 9.37. The van der Waals surface area contributed by atoms with Gasteiger partial charge in [0.25, 0.3) is 0 Å². The van der Waals surface area contributed by atoms with Gasteiger partial charge in [-0.05, 0) is 27.7 Å². The van der Waals surface area contributed by atoms with Crippen molar-refractivity contribution in [3.63, 3.8) is 0 Å². The zero-order chi connectivity index (χ0) is 17.9. The summed E-state index contributed by atoms with van der Waals surface area (Å²) in [7, 11) is 7.89. The van der Waals surface area contributed by atoms with E-state index < -0.39 is 5.97 Å². The predicted octanol–water partition coefficient (Wildman–Crippen LogP) is 1.71. The van der Waals surface area contributed by atoms with Gasteiger partial charge in [0, 0.05) is 46.7 Å². The topological polar surface area (TPSA) is 80.5 Å². The normalized spacial score (nSPS) is 10.8. The summed E-state index contributed by atoms with van der Waals surface area (Å²) in [6.45, 7) is 9.85. The molecule has 2 N–H and O–H groups in total. The Morgan fingerprint density at radius 3 is 1.73 bits per heavy atom. The van der Waals surface area contributed by atoms with Crippen LogP contribution in [-0.2, 0) is 4.79 Å². The fourth-order valence-electron chi connectivity index (χ4n) is 1.30. The number of hydrogen-bond donors (Lipinski definition) is 2. The Morgan fingerprint density at radius 1 is 1.09 bits per heavy atom. The van der Waals surface area contributed by atoms with Crippen LogP contribution < -0.4 is 5.32 Å². The second-order valence-electron chi connectivity index (χ2n) is 5.79. The summed E-state index contributed by atoms with van der Waals surface area (Å²) in [6.07, 6.45) is 0.222. The first kappa shape index (κ1) is 22.5. The Kier molecular flexibility index (Phi) is 12.1. The van der Waals surface area contributed by atoms with Crippen LogP contribution in [0.15, 0.2) is 9.98 Å². The van der Waals surface area contributed by atoms with Gasteiger partial charge in [-0.3, -0.25) is 4.79 Å². The van der Waals surface area contributed by atoms with Crippen LogP contribution in [0.2, 0.25) is 0 Å². The third kappa shape index (κ3) is 13.2. The van der Waals surface area contributed by atoms with Gasteiger partial charge in [-0.1, -0.05) is 6.92 Å². The molecule has 0 saturated heterocycles. The smallest absolute Gasteiger partial charge is 0.303 e. The Morgan fingerprint density at radius 2 is 1.50 bits per heavy atom. The Bertz CT molecular complexity index is 364. The molecule has 0 heterocycles. The molecule has 0 radical (unpaired) electrons. The maximum atomic E-state index is 9.37. The number of carboxylic acids is 1. The first-order chi connectivity index (χ1) is 10.0. The van der Waals surface area contributed by atoms with Gasteiger partial charge in [-0.25, -0.2) is 4.99 Å². The molecule has 0 rings (SSSR count). The highest BCUT2D eigenvalue weighted by Crippen LogP contribution is 1.95. The first-order valence-electron chi connectivity index (χ1n) is 7.50. The van der Waals surface area contributed by atoms with Crippen LogP contribution in [0.5, 0.6) is 0 Å². The quantitative estimate of drug-likeness (QED) is 0.612. The van der Waals surface area contributed by atoms with Gasteiger partial charge in [0.2, 0.25) is 11.9 Å². The van der Waals surface area contributed by atoms with Crippen LogP contribution in [0, 0.1) is 0 Å². The van der Waals surface area contributed by atoms with Crippen LogP contribution in [0.25, 0.3) is 0 Å². The third-order valence-corrected chi connectivity index (χ3v) is 2.11. The fourth-order valence-corrected chi connectivity index (χ4v) is 1.30. The average Bonchev–Trinajstić information content (AvgIpc) is 2.34. The molecule has 0 aromatic carbocycles. The molecule has 0 atom stereocenters. The van der Waals surface area contributed by atoms with Gasteiger partial charge in [-0.2, -0.15) is 4.99 Å². The van der Waals surface area contributed by atoms with Crippen molar-refractivity contribution < 1.29 is 9.90 Å². The Balaban J connectivity index is 0. The van der Waals surface area contributed by atoms with E-state index in [1.807, 2.05) is 51.8 Å². The lowest BCUT2D eigenvalue weighted by atomic mass is 10.4.